The molecule has 0 amide bonds. The second-order valence-corrected chi connectivity index (χ2v) is 5.76. The summed E-state index contributed by atoms with van der Waals surface area (Å²) in [5.41, 5.74) is 1.62. The average molecular weight is 384 g/mol. The van der Waals surface area contributed by atoms with Crippen molar-refractivity contribution in [2.45, 2.75) is 13.2 Å². The molecule has 3 rings (SSSR count). The van der Waals surface area contributed by atoms with Crippen LogP contribution in [0, 0.1) is 0 Å². The second-order valence-electron chi connectivity index (χ2n) is 5.76. The van der Waals surface area contributed by atoms with Crippen LogP contribution in [0.15, 0.2) is 47.0 Å². The molecule has 146 valence electrons. The standard InChI is InChI=1S/C20H20N2O6/c1-24-12-18-21-19(22-28-18)14-9-16(25-2)17(10-15(14)20(23)26-3)27-11-13-7-5-4-6-8-13/h4-10H,11-12H2,1-3H3. The lowest BCUT2D eigenvalue weighted by Crippen LogP contribution is -2.07. The molecule has 1 heterocycles. The van der Waals surface area contributed by atoms with Gasteiger partial charge in [-0.1, -0.05) is 35.5 Å². The van der Waals surface area contributed by atoms with Gasteiger partial charge in [0.25, 0.3) is 5.89 Å². The van der Waals surface area contributed by atoms with Crippen molar-refractivity contribution in [3.05, 3.63) is 59.5 Å². The largest absolute Gasteiger partial charge is 0.493 e. The molecule has 8 heteroatoms. The number of carbonyl (C=O) groups is 1. The number of hydrogen-bond acceptors (Lipinski definition) is 8. The van der Waals surface area contributed by atoms with Crippen molar-refractivity contribution in [2.24, 2.45) is 0 Å². The Bertz CT molecular complexity index is 939. The molecule has 0 unspecified atom stereocenters. The van der Waals surface area contributed by atoms with Crippen LogP contribution in [0.25, 0.3) is 11.4 Å². The summed E-state index contributed by atoms with van der Waals surface area (Å²) in [7, 11) is 4.33. The fourth-order valence-electron chi connectivity index (χ4n) is 2.58. The molecule has 0 saturated carbocycles. The first-order chi connectivity index (χ1) is 13.7. The number of rotatable bonds is 8. The average Bonchev–Trinajstić information content (AvgIpc) is 3.20. The lowest BCUT2D eigenvalue weighted by molar-refractivity contribution is 0.0601. The number of benzene rings is 2. The quantitative estimate of drug-likeness (QED) is 0.547. The molecule has 0 radical (unpaired) electrons. The molecule has 1 aromatic heterocycles. The zero-order valence-electron chi connectivity index (χ0n) is 15.8. The lowest BCUT2D eigenvalue weighted by atomic mass is 10.1. The molecule has 0 N–H and O–H groups in total. The zero-order valence-corrected chi connectivity index (χ0v) is 15.8. The van der Waals surface area contributed by atoms with E-state index in [9.17, 15) is 4.79 Å². The first-order valence-corrected chi connectivity index (χ1v) is 8.45. The van der Waals surface area contributed by atoms with Crippen molar-refractivity contribution in [3.63, 3.8) is 0 Å². The number of nitrogens with zero attached hydrogens (tertiary/aromatic N) is 2. The summed E-state index contributed by atoms with van der Waals surface area (Å²) in [6.07, 6.45) is 0. The van der Waals surface area contributed by atoms with E-state index in [2.05, 4.69) is 10.1 Å². The number of ether oxygens (including phenoxy) is 4. The van der Waals surface area contributed by atoms with E-state index >= 15 is 0 Å². The van der Waals surface area contributed by atoms with Crippen LogP contribution >= 0.6 is 0 Å². The van der Waals surface area contributed by atoms with Gasteiger partial charge in [0.15, 0.2) is 11.5 Å². The van der Waals surface area contributed by atoms with E-state index in [1.807, 2.05) is 30.3 Å². The molecule has 0 aliphatic rings. The predicted octanol–water partition coefficient (Wildman–Crippen LogP) is 3.26. The molecular weight excluding hydrogens is 364 g/mol. The van der Waals surface area contributed by atoms with E-state index in [4.69, 9.17) is 23.5 Å². The van der Waals surface area contributed by atoms with Crippen molar-refractivity contribution < 1.29 is 28.3 Å². The Morgan fingerprint density at radius 2 is 1.82 bits per heavy atom. The number of carbonyl (C=O) groups excluding carboxylic acids is 1. The van der Waals surface area contributed by atoms with Crippen molar-refractivity contribution in [3.8, 4) is 22.9 Å². The van der Waals surface area contributed by atoms with E-state index < -0.39 is 5.97 Å². The van der Waals surface area contributed by atoms with Gasteiger partial charge in [-0.05, 0) is 17.7 Å². The molecule has 0 aliphatic carbocycles. The number of aromatic nitrogens is 2. The summed E-state index contributed by atoms with van der Waals surface area (Å²) < 4.78 is 26.3. The monoisotopic (exact) mass is 384 g/mol. The highest BCUT2D eigenvalue weighted by atomic mass is 16.5. The summed E-state index contributed by atoms with van der Waals surface area (Å²) in [5.74, 6) is 0.783. The Balaban J connectivity index is 1.98. The Morgan fingerprint density at radius 3 is 2.50 bits per heavy atom. The highest BCUT2D eigenvalue weighted by Gasteiger charge is 2.22. The predicted molar refractivity (Wildman–Crippen MR) is 99.1 cm³/mol. The molecule has 3 aromatic rings. The maximum absolute atomic E-state index is 12.3. The maximum Gasteiger partial charge on any atom is 0.338 e. The van der Waals surface area contributed by atoms with Crippen molar-refractivity contribution in [1.82, 2.24) is 10.1 Å². The van der Waals surface area contributed by atoms with E-state index in [0.717, 1.165) is 5.56 Å². The molecule has 0 saturated heterocycles. The Morgan fingerprint density at radius 1 is 1.04 bits per heavy atom. The van der Waals surface area contributed by atoms with Gasteiger partial charge in [0.05, 0.1) is 19.8 Å². The van der Waals surface area contributed by atoms with Gasteiger partial charge < -0.3 is 23.5 Å². The highest BCUT2D eigenvalue weighted by molar-refractivity contribution is 5.97. The van der Waals surface area contributed by atoms with Gasteiger partial charge in [-0.2, -0.15) is 4.98 Å². The minimum absolute atomic E-state index is 0.163. The van der Waals surface area contributed by atoms with Gasteiger partial charge in [0.2, 0.25) is 5.82 Å². The van der Waals surface area contributed by atoms with Gasteiger partial charge in [0.1, 0.15) is 13.2 Å². The Hall–Kier alpha value is -3.39. The molecule has 0 spiro atoms. The minimum atomic E-state index is -0.555. The van der Waals surface area contributed by atoms with Crippen molar-refractivity contribution >= 4 is 5.97 Å². The first-order valence-electron chi connectivity index (χ1n) is 8.45. The van der Waals surface area contributed by atoms with Crippen LogP contribution in [0.5, 0.6) is 11.5 Å². The molecule has 8 nitrogen and oxygen atoms in total. The summed E-state index contributed by atoms with van der Waals surface area (Å²) in [6, 6.07) is 12.8. The van der Waals surface area contributed by atoms with E-state index in [-0.39, 0.29) is 23.9 Å². The molecule has 0 atom stereocenters. The van der Waals surface area contributed by atoms with Crippen molar-refractivity contribution in [1.29, 1.82) is 0 Å². The third-order valence-corrected chi connectivity index (χ3v) is 3.92. The van der Waals surface area contributed by atoms with Crippen LogP contribution in [0.3, 0.4) is 0 Å². The summed E-state index contributed by atoms with van der Waals surface area (Å²) in [5, 5.41) is 3.91. The fraction of sp³-hybridized carbons (Fsp3) is 0.250. The topological polar surface area (TPSA) is 92.9 Å². The molecule has 0 bridgehead atoms. The minimum Gasteiger partial charge on any atom is -0.493 e. The molecular formula is C20H20N2O6. The van der Waals surface area contributed by atoms with Crippen LogP contribution in [0.1, 0.15) is 21.8 Å². The summed E-state index contributed by atoms with van der Waals surface area (Å²) in [6.45, 7) is 0.479. The van der Waals surface area contributed by atoms with E-state index in [1.54, 1.807) is 12.1 Å². The van der Waals surface area contributed by atoms with Crippen LogP contribution in [-0.2, 0) is 22.7 Å². The lowest BCUT2D eigenvalue weighted by Gasteiger charge is -2.14. The van der Waals surface area contributed by atoms with E-state index in [1.165, 1.54) is 21.3 Å². The van der Waals surface area contributed by atoms with Crippen LogP contribution in [0.4, 0.5) is 0 Å². The third kappa shape index (κ3) is 4.29. The van der Waals surface area contributed by atoms with Gasteiger partial charge >= 0.3 is 5.97 Å². The molecule has 28 heavy (non-hydrogen) atoms. The highest BCUT2D eigenvalue weighted by Crippen LogP contribution is 2.36. The van der Waals surface area contributed by atoms with Gasteiger partial charge in [-0.25, -0.2) is 4.79 Å². The number of esters is 1. The number of methoxy groups -OCH3 is 3. The van der Waals surface area contributed by atoms with Gasteiger partial charge in [-0.3, -0.25) is 0 Å². The Kier molecular flexibility index (Phi) is 6.23. The fourth-order valence-corrected chi connectivity index (χ4v) is 2.58. The summed E-state index contributed by atoms with van der Waals surface area (Å²) >= 11 is 0. The maximum atomic E-state index is 12.3. The summed E-state index contributed by atoms with van der Waals surface area (Å²) in [4.78, 5) is 16.6. The molecule has 0 aliphatic heterocycles. The zero-order chi connectivity index (χ0) is 19.9. The molecule has 2 aromatic carbocycles. The third-order valence-electron chi connectivity index (χ3n) is 3.92. The SMILES string of the molecule is COCc1nc(-c2cc(OC)c(OCc3ccccc3)cc2C(=O)OC)no1. The van der Waals surface area contributed by atoms with Crippen molar-refractivity contribution in [2.75, 3.05) is 21.3 Å². The second kappa shape index (κ2) is 9.01. The van der Waals surface area contributed by atoms with Crippen LogP contribution in [-0.4, -0.2) is 37.4 Å². The van der Waals surface area contributed by atoms with E-state index in [0.29, 0.717) is 23.7 Å². The van der Waals surface area contributed by atoms with Gasteiger partial charge in [0, 0.05) is 12.7 Å². The Labute approximate surface area is 162 Å². The smallest absolute Gasteiger partial charge is 0.338 e. The number of hydrogen-bond donors (Lipinski definition) is 0. The normalized spacial score (nSPS) is 10.5. The van der Waals surface area contributed by atoms with Crippen LogP contribution in [0.2, 0.25) is 0 Å². The van der Waals surface area contributed by atoms with Gasteiger partial charge in [-0.15, -0.1) is 0 Å². The van der Waals surface area contributed by atoms with Crippen LogP contribution < -0.4 is 9.47 Å². The molecule has 0 fully saturated rings. The first kappa shape index (κ1) is 19.4.